The second-order valence-electron chi connectivity index (χ2n) is 8.59. The molecule has 0 bridgehead atoms. The molecule has 3 unspecified atom stereocenters. The van der Waals surface area contributed by atoms with Gasteiger partial charge in [0.25, 0.3) is 0 Å². The van der Waals surface area contributed by atoms with Gasteiger partial charge in [0.05, 0.1) is 6.10 Å². The first kappa shape index (κ1) is 25.2. The molecule has 3 N–H and O–H groups in total. The van der Waals surface area contributed by atoms with Crippen molar-refractivity contribution in [3.8, 4) is 11.1 Å². The Kier molecular flexibility index (Phi) is 8.65. The highest BCUT2D eigenvalue weighted by Crippen LogP contribution is 2.44. The van der Waals surface area contributed by atoms with Gasteiger partial charge >= 0.3 is 12.1 Å². The molecule has 0 heterocycles. The minimum absolute atomic E-state index is 0.00572. The maximum absolute atomic E-state index is 12.4. The van der Waals surface area contributed by atoms with E-state index in [2.05, 4.69) is 34.9 Å². The van der Waals surface area contributed by atoms with Crippen LogP contribution in [0.15, 0.2) is 48.5 Å². The first-order chi connectivity index (χ1) is 16.3. The summed E-state index contributed by atoms with van der Waals surface area (Å²) in [6.07, 6.45) is 0.0468. The van der Waals surface area contributed by atoms with Crippen LogP contribution in [0.5, 0.6) is 0 Å². The summed E-state index contributed by atoms with van der Waals surface area (Å²) in [5.41, 5.74) is 4.64. The van der Waals surface area contributed by atoms with E-state index in [1.54, 1.807) is 6.92 Å². The van der Waals surface area contributed by atoms with E-state index in [9.17, 15) is 19.5 Å². The molecule has 1 aliphatic rings. The summed E-state index contributed by atoms with van der Waals surface area (Å²) in [5.74, 6) is -1.52. The Bertz CT molecular complexity index is 978. The van der Waals surface area contributed by atoms with E-state index in [1.807, 2.05) is 31.2 Å². The van der Waals surface area contributed by atoms with Crippen LogP contribution in [0.2, 0.25) is 0 Å². The second-order valence-corrected chi connectivity index (χ2v) is 8.59. The predicted molar refractivity (Wildman–Crippen MR) is 128 cm³/mol. The van der Waals surface area contributed by atoms with Crippen molar-refractivity contribution in [1.29, 1.82) is 0 Å². The van der Waals surface area contributed by atoms with Crippen molar-refractivity contribution in [3.05, 3.63) is 59.7 Å². The molecule has 0 fully saturated rings. The van der Waals surface area contributed by atoms with Gasteiger partial charge in [-0.2, -0.15) is 0 Å². The summed E-state index contributed by atoms with van der Waals surface area (Å²) < 4.78 is 10.5. The molecular formula is C26H32N2O6. The maximum atomic E-state index is 12.4. The number of rotatable bonds is 11. The third kappa shape index (κ3) is 6.14. The standard InChI is InChI=1S/C26H32N2O6/c1-16(9-8-14-23(29)28-24(25(30)31)17(2)33-3)27-26(32)34-15-22-20-12-6-4-10-18(20)19-11-5-7-13-21(19)22/h4-7,10-13,16-17,22,24H,8-9,14-15H2,1-3H3,(H,27,32)(H,28,29)(H,30,31). The SMILES string of the molecule is COC(C)C(NC(=O)CCCC(C)NC(=O)OCC1c2ccccc2-c2ccccc21)C(=O)O. The number of carboxylic acids is 1. The molecule has 2 aromatic carbocycles. The third-order valence-electron chi connectivity index (χ3n) is 6.17. The number of hydrogen-bond donors (Lipinski definition) is 3. The van der Waals surface area contributed by atoms with Crippen LogP contribution >= 0.6 is 0 Å². The predicted octanol–water partition coefficient (Wildman–Crippen LogP) is 3.69. The number of amides is 2. The van der Waals surface area contributed by atoms with Gasteiger partial charge in [0, 0.05) is 25.5 Å². The van der Waals surface area contributed by atoms with E-state index in [0.29, 0.717) is 12.8 Å². The number of benzene rings is 2. The molecule has 34 heavy (non-hydrogen) atoms. The van der Waals surface area contributed by atoms with E-state index in [1.165, 1.54) is 18.2 Å². The number of fused-ring (bicyclic) bond motifs is 3. The van der Waals surface area contributed by atoms with Crippen LogP contribution in [0.25, 0.3) is 11.1 Å². The van der Waals surface area contributed by atoms with Crippen LogP contribution in [-0.2, 0) is 19.1 Å². The molecule has 3 rings (SSSR count). The smallest absolute Gasteiger partial charge is 0.407 e. The van der Waals surface area contributed by atoms with Gasteiger partial charge in [-0.1, -0.05) is 48.5 Å². The van der Waals surface area contributed by atoms with Crippen molar-refractivity contribution in [2.45, 2.75) is 57.2 Å². The minimum atomic E-state index is -1.15. The highest BCUT2D eigenvalue weighted by atomic mass is 16.5. The number of aliphatic carboxylic acids is 1. The molecule has 0 spiro atoms. The molecule has 0 radical (unpaired) electrons. The first-order valence-electron chi connectivity index (χ1n) is 11.5. The average molecular weight is 469 g/mol. The van der Waals surface area contributed by atoms with E-state index in [-0.39, 0.29) is 30.9 Å². The molecule has 3 atom stereocenters. The van der Waals surface area contributed by atoms with E-state index in [4.69, 9.17) is 9.47 Å². The van der Waals surface area contributed by atoms with Crippen LogP contribution < -0.4 is 10.6 Å². The van der Waals surface area contributed by atoms with Crippen LogP contribution in [-0.4, -0.2) is 55.0 Å². The molecule has 1 aliphatic carbocycles. The van der Waals surface area contributed by atoms with Crippen LogP contribution in [0.1, 0.15) is 50.2 Å². The van der Waals surface area contributed by atoms with Crippen molar-refractivity contribution < 1.29 is 29.0 Å². The van der Waals surface area contributed by atoms with E-state index >= 15 is 0 Å². The average Bonchev–Trinajstić information content (AvgIpc) is 3.14. The van der Waals surface area contributed by atoms with Crippen molar-refractivity contribution >= 4 is 18.0 Å². The lowest BCUT2D eigenvalue weighted by atomic mass is 9.98. The zero-order valence-corrected chi connectivity index (χ0v) is 19.7. The number of carbonyl (C=O) groups excluding carboxylic acids is 2. The number of nitrogens with one attached hydrogen (secondary N) is 2. The van der Waals surface area contributed by atoms with Gasteiger partial charge in [0.2, 0.25) is 5.91 Å². The van der Waals surface area contributed by atoms with Gasteiger partial charge in [0.15, 0.2) is 6.04 Å². The van der Waals surface area contributed by atoms with Gasteiger partial charge < -0.3 is 25.2 Å². The fourth-order valence-corrected chi connectivity index (χ4v) is 4.24. The van der Waals surface area contributed by atoms with Crippen LogP contribution in [0.3, 0.4) is 0 Å². The summed E-state index contributed by atoms with van der Waals surface area (Å²) in [4.78, 5) is 35.7. The molecule has 0 saturated carbocycles. The normalized spacial score (nSPS) is 14.9. The Morgan fingerprint density at radius 2 is 1.56 bits per heavy atom. The van der Waals surface area contributed by atoms with E-state index in [0.717, 1.165) is 11.1 Å². The summed E-state index contributed by atoms with van der Waals surface area (Å²) >= 11 is 0. The zero-order chi connectivity index (χ0) is 24.7. The minimum Gasteiger partial charge on any atom is -0.480 e. The molecule has 182 valence electrons. The van der Waals surface area contributed by atoms with Crippen molar-refractivity contribution in [3.63, 3.8) is 0 Å². The molecule has 0 aromatic heterocycles. The molecule has 2 aromatic rings. The molecule has 2 amide bonds. The summed E-state index contributed by atoms with van der Waals surface area (Å²) in [5, 5.41) is 14.5. The second kappa shape index (κ2) is 11.7. The number of carboxylic acid groups (broad SMARTS) is 1. The maximum Gasteiger partial charge on any atom is 0.407 e. The lowest BCUT2D eigenvalue weighted by Crippen LogP contribution is -2.48. The van der Waals surface area contributed by atoms with Crippen molar-refractivity contribution in [2.75, 3.05) is 13.7 Å². The lowest BCUT2D eigenvalue weighted by Gasteiger charge is -2.20. The van der Waals surface area contributed by atoms with Gasteiger partial charge in [-0.3, -0.25) is 4.79 Å². The molecular weight excluding hydrogens is 436 g/mol. The number of alkyl carbamates (subject to hydrolysis) is 1. The van der Waals surface area contributed by atoms with Crippen molar-refractivity contribution in [1.82, 2.24) is 10.6 Å². The molecule has 8 heteroatoms. The first-order valence-corrected chi connectivity index (χ1v) is 11.5. The highest BCUT2D eigenvalue weighted by Gasteiger charge is 2.29. The van der Waals surface area contributed by atoms with Crippen LogP contribution in [0, 0.1) is 0 Å². The molecule has 0 saturated heterocycles. The fourth-order valence-electron chi connectivity index (χ4n) is 4.24. The Hall–Kier alpha value is -3.39. The van der Waals surface area contributed by atoms with E-state index < -0.39 is 24.2 Å². The fraction of sp³-hybridized carbons (Fsp3) is 0.423. The Balaban J connectivity index is 1.43. The van der Waals surface area contributed by atoms with Gasteiger partial charge in [-0.15, -0.1) is 0 Å². The summed E-state index contributed by atoms with van der Waals surface area (Å²) in [6.45, 7) is 3.66. The van der Waals surface area contributed by atoms with Gasteiger partial charge in [0.1, 0.15) is 6.61 Å². The number of methoxy groups -OCH3 is 1. The molecule has 0 aliphatic heterocycles. The Labute approximate surface area is 199 Å². The largest absolute Gasteiger partial charge is 0.480 e. The highest BCUT2D eigenvalue weighted by molar-refractivity contribution is 5.84. The third-order valence-corrected chi connectivity index (χ3v) is 6.17. The molecule has 8 nitrogen and oxygen atoms in total. The van der Waals surface area contributed by atoms with Gasteiger partial charge in [-0.25, -0.2) is 9.59 Å². The quantitative estimate of drug-likeness (QED) is 0.464. The number of carbonyl (C=O) groups is 3. The Morgan fingerprint density at radius 1 is 0.971 bits per heavy atom. The zero-order valence-electron chi connectivity index (χ0n) is 19.7. The lowest BCUT2D eigenvalue weighted by molar-refractivity contribution is -0.145. The number of hydrogen-bond acceptors (Lipinski definition) is 5. The van der Waals surface area contributed by atoms with Crippen LogP contribution in [0.4, 0.5) is 4.79 Å². The van der Waals surface area contributed by atoms with Crippen molar-refractivity contribution in [2.24, 2.45) is 0 Å². The monoisotopic (exact) mass is 468 g/mol. The Morgan fingerprint density at radius 3 is 2.12 bits per heavy atom. The van der Waals surface area contributed by atoms with Gasteiger partial charge in [-0.05, 0) is 48.9 Å². The summed E-state index contributed by atoms with van der Waals surface area (Å²) in [7, 11) is 1.39. The summed E-state index contributed by atoms with van der Waals surface area (Å²) in [6, 6.07) is 15.0. The number of ether oxygens (including phenoxy) is 2. The topological polar surface area (TPSA) is 114 Å².